The molecule has 0 bridgehead atoms. The van der Waals surface area contributed by atoms with E-state index in [1.54, 1.807) is 0 Å². The highest BCUT2D eigenvalue weighted by atomic mass is 79.9. The summed E-state index contributed by atoms with van der Waals surface area (Å²) in [6.07, 6.45) is 1.31. The van der Waals surface area contributed by atoms with E-state index in [0.717, 1.165) is 33.3 Å². The Labute approximate surface area is 131 Å². The first-order valence-corrected chi connectivity index (χ1v) is 7.69. The summed E-state index contributed by atoms with van der Waals surface area (Å²) in [5.74, 6) is 0.0819. The van der Waals surface area contributed by atoms with Crippen molar-refractivity contribution in [3.8, 4) is 0 Å². The van der Waals surface area contributed by atoms with Gasteiger partial charge in [0.15, 0.2) is 0 Å². The second kappa shape index (κ2) is 5.58. The molecule has 0 fully saturated rings. The van der Waals surface area contributed by atoms with Gasteiger partial charge in [-0.05, 0) is 35.2 Å². The molecule has 1 aliphatic rings. The molecule has 102 valence electrons. The third kappa shape index (κ3) is 2.60. The lowest BCUT2D eigenvalue weighted by Gasteiger charge is -2.19. The summed E-state index contributed by atoms with van der Waals surface area (Å²) in [6, 6.07) is 14.0. The average molecular weight is 351 g/mol. The Balaban J connectivity index is 1.95. The number of nitrogens with one attached hydrogen (secondary N) is 1. The van der Waals surface area contributed by atoms with E-state index in [1.807, 2.05) is 36.4 Å². The van der Waals surface area contributed by atoms with Gasteiger partial charge in [0, 0.05) is 16.6 Å². The van der Waals surface area contributed by atoms with E-state index in [2.05, 4.69) is 27.3 Å². The minimum absolute atomic E-state index is 0.0819. The highest BCUT2D eigenvalue weighted by Gasteiger charge is 2.18. The van der Waals surface area contributed by atoms with Gasteiger partial charge >= 0.3 is 0 Å². The molecule has 0 aliphatic carbocycles. The molecule has 0 saturated heterocycles. The minimum atomic E-state index is -0.200. The largest absolute Gasteiger partial charge is 0.326 e. The average Bonchev–Trinajstić information content (AvgIpc) is 2.46. The fourth-order valence-corrected chi connectivity index (χ4v) is 3.39. The van der Waals surface area contributed by atoms with Gasteiger partial charge in [-0.1, -0.05) is 46.3 Å². The fourth-order valence-electron chi connectivity index (χ4n) is 2.42. The van der Waals surface area contributed by atoms with Crippen LogP contribution in [0.3, 0.4) is 0 Å². The lowest BCUT2D eigenvalue weighted by molar-refractivity contribution is -0.116. The molecule has 2 aromatic rings. The quantitative estimate of drug-likeness (QED) is 0.784. The maximum Gasteiger partial charge on any atom is 0.224 e. The van der Waals surface area contributed by atoms with Crippen LogP contribution in [-0.2, 0) is 11.2 Å². The van der Waals surface area contributed by atoms with Crippen LogP contribution in [0.15, 0.2) is 46.9 Å². The van der Waals surface area contributed by atoms with E-state index in [1.165, 1.54) is 0 Å². The van der Waals surface area contributed by atoms with Crippen LogP contribution in [-0.4, -0.2) is 5.91 Å². The fraction of sp³-hybridized carbons (Fsp3) is 0.188. The number of hydrogen-bond donors (Lipinski definition) is 1. The highest BCUT2D eigenvalue weighted by Crippen LogP contribution is 2.35. The van der Waals surface area contributed by atoms with Crippen LogP contribution in [0.2, 0.25) is 0 Å². The van der Waals surface area contributed by atoms with Crippen LogP contribution in [0.5, 0.6) is 0 Å². The van der Waals surface area contributed by atoms with Gasteiger partial charge in [-0.2, -0.15) is 0 Å². The standard InChI is InChI=1S/C16H13BrClNO/c17-13-4-2-1-3-12(13)16(18)11-5-7-14-10(9-11)6-8-15(20)19-14/h1-5,7,9,16H,6,8H2,(H,19,20). The summed E-state index contributed by atoms with van der Waals surface area (Å²) < 4.78 is 1.01. The molecule has 0 saturated carbocycles. The van der Waals surface area contributed by atoms with E-state index >= 15 is 0 Å². The molecule has 20 heavy (non-hydrogen) atoms. The SMILES string of the molecule is O=C1CCc2cc(C(Cl)c3ccccc3Br)ccc2N1. The van der Waals surface area contributed by atoms with Crippen molar-refractivity contribution >= 4 is 39.1 Å². The van der Waals surface area contributed by atoms with Crippen LogP contribution in [0.25, 0.3) is 0 Å². The summed E-state index contributed by atoms with van der Waals surface area (Å²) in [5, 5.41) is 2.69. The highest BCUT2D eigenvalue weighted by molar-refractivity contribution is 9.10. The molecule has 2 aromatic carbocycles. The van der Waals surface area contributed by atoms with Gasteiger partial charge in [-0.25, -0.2) is 0 Å². The molecule has 0 spiro atoms. The zero-order chi connectivity index (χ0) is 14.1. The van der Waals surface area contributed by atoms with E-state index in [-0.39, 0.29) is 11.3 Å². The number of carbonyl (C=O) groups excluding carboxylic acids is 1. The summed E-state index contributed by atoms with van der Waals surface area (Å²) in [5.41, 5.74) is 4.16. The van der Waals surface area contributed by atoms with E-state index < -0.39 is 0 Å². The van der Waals surface area contributed by atoms with Crippen LogP contribution >= 0.6 is 27.5 Å². The molecule has 2 nitrogen and oxygen atoms in total. The zero-order valence-electron chi connectivity index (χ0n) is 10.7. The molecule has 1 heterocycles. The van der Waals surface area contributed by atoms with Gasteiger partial charge in [0.2, 0.25) is 5.91 Å². The number of carbonyl (C=O) groups is 1. The lowest BCUT2D eigenvalue weighted by atomic mass is 9.97. The second-order valence-corrected chi connectivity index (χ2v) is 6.14. The third-order valence-corrected chi connectivity index (χ3v) is 4.70. The van der Waals surface area contributed by atoms with Crippen molar-refractivity contribution in [2.45, 2.75) is 18.2 Å². The predicted octanol–water partition coefficient (Wildman–Crippen LogP) is 4.66. The van der Waals surface area contributed by atoms with Crippen LogP contribution in [0.4, 0.5) is 5.69 Å². The first-order valence-electron chi connectivity index (χ1n) is 6.46. The molecule has 1 N–H and O–H groups in total. The number of amides is 1. The summed E-state index contributed by atoms with van der Waals surface area (Å²) >= 11 is 10.1. The van der Waals surface area contributed by atoms with Gasteiger partial charge in [0.1, 0.15) is 0 Å². The molecular weight excluding hydrogens is 338 g/mol. The Morgan fingerprint density at radius 3 is 2.75 bits per heavy atom. The number of alkyl halides is 1. The Hall–Kier alpha value is -1.32. The van der Waals surface area contributed by atoms with Gasteiger partial charge in [-0.3, -0.25) is 4.79 Å². The minimum Gasteiger partial charge on any atom is -0.326 e. The van der Waals surface area contributed by atoms with Crippen LogP contribution in [0.1, 0.15) is 28.5 Å². The molecule has 1 unspecified atom stereocenters. The Morgan fingerprint density at radius 2 is 1.95 bits per heavy atom. The number of halogens is 2. The predicted molar refractivity (Wildman–Crippen MR) is 85.2 cm³/mol. The van der Waals surface area contributed by atoms with Gasteiger partial charge < -0.3 is 5.32 Å². The molecule has 1 amide bonds. The topological polar surface area (TPSA) is 29.1 Å². The number of benzene rings is 2. The summed E-state index contributed by atoms with van der Waals surface area (Å²) in [4.78, 5) is 11.4. The number of fused-ring (bicyclic) bond motifs is 1. The summed E-state index contributed by atoms with van der Waals surface area (Å²) in [6.45, 7) is 0. The second-order valence-electron chi connectivity index (χ2n) is 4.85. The van der Waals surface area contributed by atoms with Crippen molar-refractivity contribution in [1.29, 1.82) is 0 Å². The molecular formula is C16H13BrClNO. The van der Waals surface area contributed by atoms with E-state index in [0.29, 0.717) is 6.42 Å². The smallest absolute Gasteiger partial charge is 0.224 e. The first kappa shape index (κ1) is 13.7. The number of rotatable bonds is 2. The molecule has 0 radical (unpaired) electrons. The maximum absolute atomic E-state index is 11.4. The van der Waals surface area contributed by atoms with Crippen molar-refractivity contribution in [2.75, 3.05) is 5.32 Å². The van der Waals surface area contributed by atoms with Gasteiger partial charge in [0.25, 0.3) is 0 Å². The molecule has 3 rings (SSSR count). The monoisotopic (exact) mass is 349 g/mol. The molecule has 4 heteroatoms. The van der Waals surface area contributed by atoms with Crippen molar-refractivity contribution in [3.05, 3.63) is 63.6 Å². The van der Waals surface area contributed by atoms with Crippen LogP contribution in [0, 0.1) is 0 Å². The molecule has 1 atom stereocenters. The Bertz CT molecular complexity index is 671. The van der Waals surface area contributed by atoms with Crippen molar-refractivity contribution in [2.24, 2.45) is 0 Å². The Kier molecular flexibility index (Phi) is 3.81. The normalized spacial score (nSPS) is 15.4. The maximum atomic E-state index is 11.4. The number of aryl methyl sites for hydroxylation is 1. The van der Waals surface area contributed by atoms with E-state index in [4.69, 9.17) is 11.6 Å². The first-order chi connectivity index (χ1) is 9.65. The van der Waals surface area contributed by atoms with Crippen molar-refractivity contribution < 1.29 is 4.79 Å². The lowest BCUT2D eigenvalue weighted by Crippen LogP contribution is -2.19. The summed E-state index contributed by atoms with van der Waals surface area (Å²) in [7, 11) is 0. The number of anilines is 1. The third-order valence-electron chi connectivity index (χ3n) is 3.50. The molecule has 0 aromatic heterocycles. The van der Waals surface area contributed by atoms with Gasteiger partial charge in [0.05, 0.1) is 5.38 Å². The van der Waals surface area contributed by atoms with Crippen molar-refractivity contribution in [1.82, 2.24) is 0 Å². The zero-order valence-corrected chi connectivity index (χ0v) is 13.0. The number of hydrogen-bond acceptors (Lipinski definition) is 1. The molecule has 1 aliphatic heterocycles. The Morgan fingerprint density at radius 1 is 1.15 bits per heavy atom. The van der Waals surface area contributed by atoms with E-state index in [9.17, 15) is 4.79 Å². The van der Waals surface area contributed by atoms with Crippen LogP contribution < -0.4 is 5.32 Å². The van der Waals surface area contributed by atoms with Gasteiger partial charge in [-0.15, -0.1) is 11.6 Å². The van der Waals surface area contributed by atoms with Crippen molar-refractivity contribution in [3.63, 3.8) is 0 Å².